The number of carboxylic acid groups (broad SMARTS) is 1. The van der Waals surface area contributed by atoms with Crippen LogP contribution in [-0.4, -0.2) is 48.6 Å². The van der Waals surface area contributed by atoms with E-state index in [1.807, 2.05) is 48.5 Å². The van der Waals surface area contributed by atoms with E-state index in [1.54, 1.807) is 24.3 Å². The number of hydrogen-bond donors (Lipinski definition) is 1. The van der Waals surface area contributed by atoms with Crippen LogP contribution in [0, 0.1) is 0 Å². The molecule has 1 N–H and O–H groups in total. The maximum absolute atomic E-state index is 13.0. The van der Waals surface area contributed by atoms with Gasteiger partial charge in [0.25, 0.3) is 0 Å². The Balaban J connectivity index is 1.39. The summed E-state index contributed by atoms with van der Waals surface area (Å²) >= 11 is 0. The molecule has 0 saturated heterocycles. The van der Waals surface area contributed by atoms with Crippen molar-refractivity contribution in [1.29, 1.82) is 0 Å². The third-order valence-corrected chi connectivity index (χ3v) is 6.93. The normalized spacial score (nSPS) is 14.8. The van der Waals surface area contributed by atoms with Gasteiger partial charge in [-0.05, 0) is 53.3 Å². The van der Waals surface area contributed by atoms with Gasteiger partial charge < -0.3 is 19.5 Å². The highest BCUT2D eigenvalue weighted by molar-refractivity contribution is 6.09. The number of carbonyl (C=O) groups is 3. The van der Waals surface area contributed by atoms with E-state index in [2.05, 4.69) is 18.7 Å². The number of hydrogen-bond acceptors (Lipinski definition) is 6. The van der Waals surface area contributed by atoms with E-state index in [9.17, 15) is 19.5 Å². The van der Waals surface area contributed by atoms with E-state index in [1.165, 1.54) is 6.92 Å². The van der Waals surface area contributed by atoms with Crippen LogP contribution >= 0.6 is 0 Å². The van der Waals surface area contributed by atoms with Crippen LogP contribution < -0.4 is 9.64 Å². The molecule has 1 aliphatic heterocycles. The first kappa shape index (κ1) is 26.9. The molecular weight excluding hydrogens is 482 g/mol. The number of fused-ring (bicyclic) bond motifs is 1. The van der Waals surface area contributed by atoms with Gasteiger partial charge in [-0.25, -0.2) is 4.79 Å². The van der Waals surface area contributed by atoms with Crippen LogP contribution in [-0.2, 0) is 26.2 Å². The fraction of sp³-hybridized carbons (Fsp3) is 0.323. The summed E-state index contributed by atoms with van der Waals surface area (Å²) in [6, 6.07) is 22.5. The van der Waals surface area contributed by atoms with Crippen molar-refractivity contribution >= 4 is 23.4 Å². The van der Waals surface area contributed by atoms with Crippen LogP contribution in [0.15, 0.2) is 72.8 Å². The van der Waals surface area contributed by atoms with Gasteiger partial charge in [-0.2, -0.15) is 0 Å². The topological polar surface area (TPSA) is 93.1 Å². The first-order valence-electron chi connectivity index (χ1n) is 12.7. The lowest BCUT2D eigenvalue weighted by molar-refractivity contribution is -0.162. The van der Waals surface area contributed by atoms with Crippen molar-refractivity contribution in [1.82, 2.24) is 0 Å². The Bertz CT molecular complexity index is 1300. The fourth-order valence-corrected chi connectivity index (χ4v) is 4.74. The quantitative estimate of drug-likeness (QED) is 0.299. The minimum atomic E-state index is -1.22. The average molecular weight is 516 g/mol. The molecule has 198 valence electrons. The molecule has 0 saturated carbocycles. The zero-order valence-electron chi connectivity index (χ0n) is 22.0. The summed E-state index contributed by atoms with van der Waals surface area (Å²) < 4.78 is 10.8. The largest absolute Gasteiger partial charge is 0.492 e. The lowest BCUT2D eigenvalue weighted by Gasteiger charge is -2.40. The standard InChI is InChI=1S/C31H33NO6/c1-21(33)38-28(30(35)36)19-22-9-12-25(13-10-22)37-18-17-32-16-15-31(2,3)26-20-24(11-14-27(26)32)29(34)23-7-5-4-6-8-23/h4-14,20,28H,15-19H2,1-3H3,(H,35,36)/t28-/m0/s1. The van der Waals surface area contributed by atoms with E-state index in [0.29, 0.717) is 30.0 Å². The Morgan fingerprint density at radius 2 is 1.68 bits per heavy atom. The van der Waals surface area contributed by atoms with Gasteiger partial charge in [0.1, 0.15) is 12.4 Å². The average Bonchev–Trinajstić information content (AvgIpc) is 2.90. The molecule has 7 heteroatoms. The summed E-state index contributed by atoms with van der Waals surface area (Å²) in [6.07, 6.45) is -0.166. The number of esters is 1. The molecule has 7 nitrogen and oxygen atoms in total. The highest BCUT2D eigenvalue weighted by Crippen LogP contribution is 2.40. The maximum Gasteiger partial charge on any atom is 0.345 e. The van der Waals surface area contributed by atoms with Crippen LogP contribution in [0.25, 0.3) is 0 Å². The lowest BCUT2D eigenvalue weighted by atomic mass is 9.76. The number of nitrogens with zero attached hydrogens (tertiary/aromatic N) is 1. The van der Waals surface area contributed by atoms with Gasteiger partial charge in [-0.1, -0.05) is 56.3 Å². The maximum atomic E-state index is 13.0. The molecule has 1 heterocycles. The summed E-state index contributed by atoms with van der Waals surface area (Å²) in [6.45, 7) is 7.67. The molecular formula is C31H33NO6. The Kier molecular flexibility index (Phi) is 8.15. The van der Waals surface area contributed by atoms with E-state index >= 15 is 0 Å². The molecule has 0 aliphatic carbocycles. The molecule has 0 aromatic heterocycles. The third-order valence-electron chi connectivity index (χ3n) is 6.93. The SMILES string of the molecule is CC(=O)O[C@@H](Cc1ccc(OCCN2CCC(C)(C)c3cc(C(=O)c4ccccc4)ccc32)cc1)C(=O)O. The molecule has 0 unspecified atom stereocenters. The number of ether oxygens (including phenoxy) is 2. The summed E-state index contributed by atoms with van der Waals surface area (Å²) in [5, 5.41) is 9.25. The van der Waals surface area contributed by atoms with Crippen LogP contribution in [0.1, 0.15) is 54.2 Å². The second-order valence-electron chi connectivity index (χ2n) is 10.2. The van der Waals surface area contributed by atoms with Crippen molar-refractivity contribution in [3.63, 3.8) is 0 Å². The number of carboxylic acids is 1. The van der Waals surface area contributed by atoms with Gasteiger partial charge in [0.05, 0.1) is 6.54 Å². The number of rotatable bonds is 10. The summed E-state index contributed by atoms with van der Waals surface area (Å²) in [5.41, 5.74) is 4.35. The molecule has 38 heavy (non-hydrogen) atoms. The first-order chi connectivity index (χ1) is 18.1. The Hall–Kier alpha value is -4.13. The number of ketones is 1. The molecule has 1 aliphatic rings. The van der Waals surface area contributed by atoms with Crippen molar-refractivity contribution in [2.75, 3.05) is 24.6 Å². The van der Waals surface area contributed by atoms with Gasteiger partial charge in [0.15, 0.2) is 5.78 Å². The number of anilines is 1. The third kappa shape index (κ3) is 6.40. The minimum absolute atomic E-state index is 0.0237. The minimum Gasteiger partial charge on any atom is -0.492 e. The van der Waals surface area contributed by atoms with E-state index in [4.69, 9.17) is 9.47 Å². The monoisotopic (exact) mass is 515 g/mol. The van der Waals surface area contributed by atoms with Crippen LogP contribution in [0.5, 0.6) is 5.75 Å². The molecule has 0 spiro atoms. The van der Waals surface area contributed by atoms with E-state index in [0.717, 1.165) is 29.8 Å². The second-order valence-corrected chi connectivity index (χ2v) is 10.2. The van der Waals surface area contributed by atoms with Gasteiger partial charge in [0.2, 0.25) is 6.10 Å². The lowest BCUT2D eigenvalue weighted by Crippen LogP contribution is -2.39. The molecule has 0 bridgehead atoms. The zero-order chi connectivity index (χ0) is 27.3. The summed E-state index contributed by atoms with van der Waals surface area (Å²) in [7, 11) is 0. The highest BCUT2D eigenvalue weighted by Gasteiger charge is 2.32. The molecule has 0 radical (unpaired) electrons. The smallest absolute Gasteiger partial charge is 0.345 e. The van der Waals surface area contributed by atoms with Crippen molar-refractivity contribution in [3.8, 4) is 5.75 Å². The van der Waals surface area contributed by atoms with Crippen molar-refractivity contribution < 1.29 is 29.0 Å². The van der Waals surface area contributed by atoms with Crippen LogP contribution in [0.4, 0.5) is 5.69 Å². The number of aliphatic carboxylic acids is 1. The van der Waals surface area contributed by atoms with Crippen LogP contribution in [0.2, 0.25) is 0 Å². The molecule has 4 rings (SSSR count). The number of carbonyl (C=O) groups excluding carboxylic acids is 2. The fourth-order valence-electron chi connectivity index (χ4n) is 4.74. The molecule has 0 fully saturated rings. The van der Waals surface area contributed by atoms with E-state index in [-0.39, 0.29) is 17.6 Å². The van der Waals surface area contributed by atoms with Gasteiger partial charge in [-0.15, -0.1) is 0 Å². The Morgan fingerprint density at radius 1 is 0.974 bits per heavy atom. The van der Waals surface area contributed by atoms with Crippen molar-refractivity contribution in [2.45, 2.75) is 45.1 Å². The second kappa shape index (κ2) is 11.5. The molecule has 0 amide bonds. The van der Waals surface area contributed by atoms with E-state index < -0.39 is 18.0 Å². The van der Waals surface area contributed by atoms with Crippen LogP contribution in [0.3, 0.4) is 0 Å². The number of benzene rings is 3. The Labute approximate surface area is 223 Å². The highest BCUT2D eigenvalue weighted by atomic mass is 16.6. The Morgan fingerprint density at radius 3 is 2.34 bits per heavy atom. The van der Waals surface area contributed by atoms with Gasteiger partial charge in [0, 0.05) is 36.7 Å². The van der Waals surface area contributed by atoms with Crippen molar-refractivity contribution in [2.24, 2.45) is 0 Å². The molecule has 3 aromatic carbocycles. The predicted molar refractivity (Wildman–Crippen MR) is 145 cm³/mol. The van der Waals surface area contributed by atoms with Gasteiger partial charge in [-0.3, -0.25) is 9.59 Å². The van der Waals surface area contributed by atoms with Crippen molar-refractivity contribution in [3.05, 3.63) is 95.1 Å². The molecule has 1 atom stereocenters. The van der Waals surface area contributed by atoms with Gasteiger partial charge >= 0.3 is 11.9 Å². The summed E-state index contributed by atoms with van der Waals surface area (Å²) in [5.74, 6) is -1.11. The zero-order valence-corrected chi connectivity index (χ0v) is 22.0. The summed E-state index contributed by atoms with van der Waals surface area (Å²) in [4.78, 5) is 37.8. The molecule has 3 aromatic rings. The first-order valence-corrected chi connectivity index (χ1v) is 12.7. The predicted octanol–water partition coefficient (Wildman–Crippen LogP) is 5.04.